The van der Waals surface area contributed by atoms with Crippen LogP contribution in [0.2, 0.25) is 0 Å². The van der Waals surface area contributed by atoms with Crippen LogP contribution in [0.4, 0.5) is 0 Å². The molecule has 0 rings (SSSR count). The Morgan fingerprint density at radius 3 is 2.83 bits per heavy atom. The number of aliphatic hydroxyl groups is 1. The third-order valence-electron chi connectivity index (χ3n) is 1.25. The molecule has 72 valence electrons. The van der Waals surface area contributed by atoms with Gasteiger partial charge in [-0.2, -0.15) is 11.8 Å². The minimum Gasteiger partial charge on any atom is -0.466 e. The first kappa shape index (κ1) is 11.8. The summed E-state index contributed by atoms with van der Waals surface area (Å²) >= 11 is 1.58. The van der Waals surface area contributed by atoms with Crippen molar-refractivity contribution in [3.63, 3.8) is 0 Å². The zero-order chi connectivity index (χ0) is 9.40. The Kier molecular flexibility index (Phi) is 7.29. The van der Waals surface area contributed by atoms with Crippen LogP contribution < -0.4 is 0 Å². The maximum absolute atomic E-state index is 10.9. The molecular formula is C8H16O3S. The number of carbonyl (C=O) groups is 1. The van der Waals surface area contributed by atoms with Gasteiger partial charge in [0.15, 0.2) is 0 Å². The standard InChI is InChI=1S/C8H16O3S/c1-3-11-8(10)6-7(2)12-5-4-9/h7,9H,3-6H2,1-2H3. The van der Waals surface area contributed by atoms with Crippen LogP contribution in [0, 0.1) is 0 Å². The molecule has 4 heteroatoms. The van der Waals surface area contributed by atoms with E-state index in [-0.39, 0.29) is 17.8 Å². The summed E-state index contributed by atoms with van der Waals surface area (Å²) in [6.07, 6.45) is 0.429. The van der Waals surface area contributed by atoms with Gasteiger partial charge in [0.05, 0.1) is 19.6 Å². The highest BCUT2D eigenvalue weighted by Gasteiger charge is 2.09. The molecule has 1 atom stereocenters. The number of aliphatic hydroxyl groups excluding tert-OH is 1. The van der Waals surface area contributed by atoms with E-state index in [0.29, 0.717) is 18.8 Å². The first-order valence-corrected chi connectivity index (χ1v) is 5.13. The number of hydrogen-bond acceptors (Lipinski definition) is 4. The molecule has 0 saturated heterocycles. The summed E-state index contributed by atoms with van der Waals surface area (Å²) in [7, 11) is 0. The summed E-state index contributed by atoms with van der Waals surface area (Å²) < 4.78 is 4.78. The van der Waals surface area contributed by atoms with Crippen molar-refractivity contribution >= 4 is 17.7 Å². The van der Waals surface area contributed by atoms with E-state index in [1.807, 2.05) is 6.92 Å². The molecular weight excluding hydrogens is 176 g/mol. The zero-order valence-electron chi connectivity index (χ0n) is 7.58. The van der Waals surface area contributed by atoms with Crippen molar-refractivity contribution in [3.05, 3.63) is 0 Å². The Labute approximate surface area is 77.5 Å². The summed E-state index contributed by atoms with van der Waals surface area (Å²) in [5.74, 6) is 0.524. The first-order valence-electron chi connectivity index (χ1n) is 4.08. The van der Waals surface area contributed by atoms with Crippen molar-refractivity contribution in [1.82, 2.24) is 0 Å². The van der Waals surface area contributed by atoms with E-state index < -0.39 is 0 Å². The average molecular weight is 192 g/mol. The lowest BCUT2D eigenvalue weighted by atomic mass is 10.3. The fourth-order valence-corrected chi connectivity index (χ4v) is 1.53. The molecule has 0 amide bonds. The molecule has 0 heterocycles. The van der Waals surface area contributed by atoms with E-state index >= 15 is 0 Å². The van der Waals surface area contributed by atoms with Gasteiger partial charge < -0.3 is 9.84 Å². The molecule has 0 bridgehead atoms. The Morgan fingerprint density at radius 2 is 2.33 bits per heavy atom. The van der Waals surface area contributed by atoms with Crippen LogP contribution in [0.15, 0.2) is 0 Å². The highest BCUT2D eigenvalue weighted by Crippen LogP contribution is 2.13. The van der Waals surface area contributed by atoms with Gasteiger partial charge in [0, 0.05) is 11.0 Å². The normalized spacial score (nSPS) is 12.6. The third-order valence-corrected chi connectivity index (χ3v) is 2.41. The van der Waals surface area contributed by atoms with Gasteiger partial charge in [0.1, 0.15) is 0 Å². The Morgan fingerprint density at radius 1 is 1.67 bits per heavy atom. The lowest BCUT2D eigenvalue weighted by Gasteiger charge is -2.08. The van der Waals surface area contributed by atoms with Crippen molar-refractivity contribution < 1.29 is 14.6 Å². The van der Waals surface area contributed by atoms with Crippen molar-refractivity contribution in [2.45, 2.75) is 25.5 Å². The summed E-state index contributed by atoms with van der Waals surface area (Å²) in [6.45, 7) is 4.36. The van der Waals surface area contributed by atoms with Crippen molar-refractivity contribution in [2.24, 2.45) is 0 Å². The molecule has 0 aliphatic rings. The van der Waals surface area contributed by atoms with Crippen LogP contribution in [0.5, 0.6) is 0 Å². The van der Waals surface area contributed by atoms with Gasteiger partial charge in [-0.25, -0.2) is 0 Å². The van der Waals surface area contributed by atoms with Gasteiger partial charge >= 0.3 is 5.97 Å². The number of esters is 1. The summed E-state index contributed by atoms with van der Waals surface area (Å²) in [4.78, 5) is 10.9. The van der Waals surface area contributed by atoms with Crippen LogP contribution in [0.25, 0.3) is 0 Å². The van der Waals surface area contributed by atoms with Crippen molar-refractivity contribution in [2.75, 3.05) is 19.0 Å². The quantitative estimate of drug-likeness (QED) is 0.639. The zero-order valence-corrected chi connectivity index (χ0v) is 8.39. The number of carbonyl (C=O) groups excluding carboxylic acids is 1. The van der Waals surface area contributed by atoms with Gasteiger partial charge in [0.2, 0.25) is 0 Å². The molecule has 0 aromatic heterocycles. The topological polar surface area (TPSA) is 46.5 Å². The lowest BCUT2D eigenvalue weighted by Crippen LogP contribution is -2.11. The maximum Gasteiger partial charge on any atom is 0.306 e. The van der Waals surface area contributed by atoms with E-state index in [0.717, 1.165) is 0 Å². The Bertz CT molecular complexity index is 127. The van der Waals surface area contributed by atoms with Gasteiger partial charge in [0.25, 0.3) is 0 Å². The second kappa shape index (κ2) is 7.43. The average Bonchev–Trinajstić information content (AvgIpc) is 2.01. The molecule has 0 aliphatic carbocycles. The molecule has 0 aromatic carbocycles. The molecule has 0 spiro atoms. The van der Waals surface area contributed by atoms with Gasteiger partial charge in [-0.05, 0) is 6.92 Å². The summed E-state index contributed by atoms with van der Waals surface area (Å²) in [5, 5.41) is 8.75. The molecule has 1 unspecified atom stereocenters. The Hall–Kier alpha value is -0.220. The summed E-state index contributed by atoms with van der Waals surface area (Å²) in [6, 6.07) is 0. The minimum atomic E-state index is -0.157. The SMILES string of the molecule is CCOC(=O)CC(C)SCCO. The third kappa shape index (κ3) is 6.49. The predicted octanol–water partition coefficient (Wildman–Crippen LogP) is 1.05. The van der Waals surface area contributed by atoms with E-state index in [9.17, 15) is 4.79 Å². The van der Waals surface area contributed by atoms with E-state index in [1.54, 1.807) is 18.7 Å². The second-order valence-electron chi connectivity index (χ2n) is 2.41. The molecule has 0 fully saturated rings. The van der Waals surface area contributed by atoms with E-state index in [4.69, 9.17) is 9.84 Å². The maximum atomic E-state index is 10.9. The van der Waals surface area contributed by atoms with E-state index in [1.165, 1.54) is 0 Å². The second-order valence-corrected chi connectivity index (χ2v) is 3.96. The molecule has 0 saturated carbocycles. The van der Waals surface area contributed by atoms with Crippen LogP contribution in [-0.4, -0.2) is 35.3 Å². The number of hydrogen-bond donors (Lipinski definition) is 1. The first-order chi connectivity index (χ1) is 5.70. The van der Waals surface area contributed by atoms with Crippen LogP contribution >= 0.6 is 11.8 Å². The molecule has 0 aromatic rings. The molecule has 0 aliphatic heterocycles. The number of ether oxygens (including phenoxy) is 1. The van der Waals surface area contributed by atoms with E-state index in [2.05, 4.69) is 0 Å². The molecule has 0 radical (unpaired) electrons. The monoisotopic (exact) mass is 192 g/mol. The lowest BCUT2D eigenvalue weighted by molar-refractivity contribution is -0.142. The van der Waals surface area contributed by atoms with Crippen LogP contribution in [-0.2, 0) is 9.53 Å². The minimum absolute atomic E-state index is 0.157. The predicted molar refractivity (Wildman–Crippen MR) is 50.3 cm³/mol. The molecule has 12 heavy (non-hydrogen) atoms. The Balaban J connectivity index is 3.40. The van der Waals surface area contributed by atoms with Crippen LogP contribution in [0.1, 0.15) is 20.3 Å². The fraction of sp³-hybridized carbons (Fsp3) is 0.875. The van der Waals surface area contributed by atoms with Crippen molar-refractivity contribution in [1.29, 1.82) is 0 Å². The smallest absolute Gasteiger partial charge is 0.306 e. The molecule has 3 nitrogen and oxygen atoms in total. The molecule has 1 N–H and O–H groups in total. The summed E-state index contributed by atoms with van der Waals surface area (Å²) in [5.41, 5.74) is 0. The van der Waals surface area contributed by atoms with Crippen molar-refractivity contribution in [3.8, 4) is 0 Å². The van der Waals surface area contributed by atoms with Gasteiger partial charge in [-0.1, -0.05) is 6.92 Å². The van der Waals surface area contributed by atoms with Gasteiger partial charge in [-0.3, -0.25) is 4.79 Å². The highest BCUT2D eigenvalue weighted by atomic mass is 32.2. The largest absolute Gasteiger partial charge is 0.466 e. The highest BCUT2D eigenvalue weighted by molar-refractivity contribution is 7.99. The fourth-order valence-electron chi connectivity index (χ4n) is 0.767. The van der Waals surface area contributed by atoms with Crippen LogP contribution in [0.3, 0.4) is 0 Å². The number of rotatable bonds is 6. The van der Waals surface area contributed by atoms with Gasteiger partial charge in [-0.15, -0.1) is 0 Å². The number of thioether (sulfide) groups is 1.